The zero-order valence-corrected chi connectivity index (χ0v) is 14.2. The van der Waals surface area contributed by atoms with E-state index in [1.165, 1.54) is 6.07 Å². The van der Waals surface area contributed by atoms with Gasteiger partial charge in [-0.1, -0.05) is 13.0 Å². The highest BCUT2D eigenvalue weighted by atomic mass is 32.2. The second-order valence-electron chi connectivity index (χ2n) is 6.17. The Labute approximate surface area is 132 Å². The molecule has 0 spiro atoms. The predicted molar refractivity (Wildman–Crippen MR) is 86.6 cm³/mol. The molecule has 1 aromatic carbocycles. The SMILES string of the molecule is Cc1ccc(C(=O)N2CCC[C@H](C)[C@H]2CN)cc1S(C)(=O)=O. The molecule has 1 aromatic rings. The number of carbonyl (C=O) groups is 1. The van der Waals surface area contributed by atoms with Gasteiger partial charge in [0.05, 0.1) is 4.90 Å². The van der Waals surface area contributed by atoms with E-state index in [0.717, 1.165) is 19.1 Å². The monoisotopic (exact) mass is 324 g/mol. The van der Waals surface area contributed by atoms with Gasteiger partial charge < -0.3 is 10.6 Å². The van der Waals surface area contributed by atoms with E-state index in [4.69, 9.17) is 5.73 Å². The highest BCUT2D eigenvalue weighted by molar-refractivity contribution is 7.90. The Balaban J connectivity index is 2.37. The largest absolute Gasteiger partial charge is 0.334 e. The maximum absolute atomic E-state index is 12.8. The molecule has 122 valence electrons. The lowest BCUT2D eigenvalue weighted by Crippen LogP contribution is -2.51. The number of carbonyl (C=O) groups excluding carboxylic acids is 1. The average Bonchev–Trinajstić information content (AvgIpc) is 2.45. The minimum Gasteiger partial charge on any atom is -0.334 e. The van der Waals surface area contributed by atoms with Crippen LogP contribution in [0.15, 0.2) is 23.1 Å². The summed E-state index contributed by atoms with van der Waals surface area (Å²) in [6.07, 6.45) is 3.18. The molecular weight excluding hydrogens is 300 g/mol. The summed E-state index contributed by atoms with van der Waals surface area (Å²) in [6.45, 7) is 4.94. The van der Waals surface area contributed by atoms with Crippen molar-refractivity contribution < 1.29 is 13.2 Å². The molecular formula is C16H24N2O3S. The van der Waals surface area contributed by atoms with Crippen LogP contribution in [0.3, 0.4) is 0 Å². The summed E-state index contributed by atoms with van der Waals surface area (Å²) in [7, 11) is -3.35. The van der Waals surface area contributed by atoms with E-state index in [2.05, 4.69) is 6.92 Å². The Hall–Kier alpha value is -1.40. The third-order valence-corrected chi connectivity index (χ3v) is 5.69. The minimum absolute atomic E-state index is 0.0178. The molecule has 0 radical (unpaired) electrons. The molecule has 0 saturated carbocycles. The summed E-state index contributed by atoms with van der Waals surface area (Å²) in [5.41, 5.74) is 6.90. The van der Waals surface area contributed by atoms with Crippen LogP contribution in [-0.4, -0.2) is 44.6 Å². The summed E-state index contributed by atoms with van der Waals surface area (Å²) < 4.78 is 23.7. The van der Waals surface area contributed by atoms with Crippen LogP contribution in [0, 0.1) is 12.8 Å². The van der Waals surface area contributed by atoms with Crippen molar-refractivity contribution in [3.8, 4) is 0 Å². The van der Waals surface area contributed by atoms with Crippen LogP contribution < -0.4 is 5.73 Å². The van der Waals surface area contributed by atoms with Crippen molar-refractivity contribution in [1.29, 1.82) is 0 Å². The first-order valence-corrected chi connectivity index (χ1v) is 9.46. The van der Waals surface area contributed by atoms with Crippen molar-refractivity contribution in [1.82, 2.24) is 4.90 Å². The van der Waals surface area contributed by atoms with Crippen LogP contribution >= 0.6 is 0 Å². The topological polar surface area (TPSA) is 80.5 Å². The number of piperidine rings is 1. The van der Waals surface area contributed by atoms with Gasteiger partial charge in [-0.3, -0.25) is 4.79 Å². The van der Waals surface area contributed by atoms with E-state index in [1.807, 2.05) is 0 Å². The Morgan fingerprint density at radius 3 is 2.68 bits per heavy atom. The second kappa shape index (κ2) is 6.38. The fraction of sp³-hybridized carbons (Fsp3) is 0.562. The number of aryl methyl sites for hydroxylation is 1. The van der Waals surface area contributed by atoms with Gasteiger partial charge in [0.2, 0.25) is 0 Å². The molecule has 5 nitrogen and oxygen atoms in total. The molecule has 2 N–H and O–H groups in total. The third kappa shape index (κ3) is 3.33. The van der Waals surface area contributed by atoms with Gasteiger partial charge in [0.15, 0.2) is 9.84 Å². The van der Waals surface area contributed by atoms with Crippen LogP contribution in [0.4, 0.5) is 0 Å². The molecule has 1 aliphatic rings. The van der Waals surface area contributed by atoms with Gasteiger partial charge in [-0.05, 0) is 43.4 Å². The third-order valence-electron chi connectivity index (χ3n) is 4.45. The van der Waals surface area contributed by atoms with Gasteiger partial charge in [0.25, 0.3) is 5.91 Å². The number of nitrogens with two attached hydrogens (primary N) is 1. The summed E-state index contributed by atoms with van der Waals surface area (Å²) in [6, 6.07) is 4.89. The number of nitrogens with zero attached hydrogens (tertiary/aromatic N) is 1. The summed E-state index contributed by atoms with van der Waals surface area (Å²) in [4.78, 5) is 14.8. The predicted octanol–water partition coefficient (Wildman–Crippen LogP) is 1.60. The molecule has 1 amide bonds. The molecule has 22 heavy (non-hydrogen) atoms. The van der Waals surface area contributed by atoms with Crippen molar-refractivity contribution >= 4 is 15.7 Å². The Kier molecular flexibility index (Phi) is 4.92. The van der Waals surface area contributed by atoms with Crippen LogP contribution in [-0.2, 0) is 9.84 Å². The Morgan fingerprint density at radius 2 is 2.09 bits per heavy atom. The number of amides is 1. The normalized spacial score (nSPS) is 22.6. The van der Waals surface area contributed by atoms with E-state index >= 15 is 0 Å². The number of rotatable bonds is 3. The maximum Gasteiger partial charge on any atom is 0.254 e. The van der Waals surface area contributed by atoms with Gasteiger partial charge in [-0.2, -0.15) is 0 Å². The summed E-state index contributed by atoms with van der Waals surface area (Å²) in [5, 5.41) is 0. The second-order valence-corrected chi connectivity index (χ2v) is 8.16. The number of hydrogen-bond donors (Lipinski definition) is 1. The standard InChI is InChI=1S/C16H24N2O3S/c1-11-5-4-8-18(14(11)10-17)16(19)13-7-6-12(2)15(9-13)22(3,20)21/h6-7,9,11,14H,4-5,8,10,17H2,1-3H3/t11-,14+/m0/s1. The van der Waals surface area contributed by atoms with Crippen LogP contribution in [0.25, 0.3) is 0 Å². The Morgan fingerprint density at radius 1 is 1.41 bits per heavy atom. The van der Waals surface area contributed by atoms with Crippen molar-refractivity contribution in [2.45, 2.75) is 37.6 Å². The highest BCUT2D eigenvalue weighted by Gasteiger charge is 2.31. The molecule has 1 fully saturated rings. The molecule has 0 aromatic heterocycles. The number of sulfone groups is 1. The number of likely N-dealkylation sites (tertiary alicyclic amines) is 1. The quantitative estimate of drug-likeness (QED) is 0.916. The summed E-state index contributed by atoms with van der Waals surface area (Å²) >= 11 is 0. The maximum atomic E-state index is 12.8. The first-order valence-electron chi connectivity index (χ1n) is 7.57. The molecule has 0 unspecified atom stereocenters. The summed E-state index contributed by atoms with van der Waals surface area (Å²) in [5.74, 6) is 0.231. The van der Waals surface area contributed by atoms with Crippen LogP contribution in [0.1, 0.15) is 35.7 Å². The van der Waals surface area contributed by atoms with Crippen molar-refractivity contribution in [2.24, 2.45) is 11.7 Å². The molecule has 2 rings (SSSR count). The first-order chi connectivity index (χ1) is 10.3. The molecule has 0 aliphatic carbocycles. The van der Waals surface area contributed by atoms with Crippen LogP contribution in [0.5, 0.6) is 0 Å². The molecule has 1 aliphatic heterocycles. The molecule has 1 saturated heterocycles. The van der Waals surface area contributed by atoms with Crippen LogP contribution in [0.2, 0.25) is 0 Å². The first kappa shape index (κ1) is 17.0. The Bertz CT molecular complexity index is 670. The fourth-order valence-electron chi connectivity index (χ4n) is 3.16. The number of hydrogen-bond acceptors (Lipinski definition) is 4. The van der Waals surface area contributed by atoms with E-state index < -0.39 is 9.84 Å². The highest BCUT2D eigenvalue weighted by Crippen LogP contribution is 2.25. The lowest BCUT2D eigenvalue weighted by Gasteiger charge is -2.39. The van der Waals surface area contributed by atoms with Gasteiger partial charge in [0, 0.05) is 31.0 Å². The van der Waals surface area contributed by atoms with E-state index in [-0.39, 0.29) is 16.8 Å². The van der Waals surface area contributed by atoms with Gasteiger partial charge in [0.1, 0.15) is 0 Å². The lowest BCUT2D eigenvalue weighted by atomic mass is 9.90. The number of benzene rings is 1. The average molecular weight is 324 g/mol. The zero-order valence-electron chi connectivity index (χ0n) is 13.4. The lowest BCUT2D eigenvalue weighted by molar-refractivity contribution is 0.0532. The molecule has 0 bridgehead atoms. The van der Waals surface area contributed by atoms with E-state index in [9.17, 15) is 13.2 Å². The smallest absolute Gasteiger partial charge is 0.254 e. The van der Waals surface area contributed by atoms with Crippen molar-refractivity contribution in [3.63, 3.8) is 0 Å². The van der Waals surface area contributed by atoms with Crippen molar-refractivity contribution in [2.75, 3.05) is 19.3 Å². The molecule has 2 atom stereocenters. The fourth-order valence-corrected chi connectivity index (χ4v) is 4.15. The van der Waals surface area contributed by atoms with E-state index in [1.54, 1.807) is 24.0 Å². The molecule has 6 heteroatoms. The van der Waals surface area contributed by atoms with Gasteiger partial charge in [-0.25, -0.2) is 8.42 Å². The zero-order chi connectivity index (χ0) is 16.5. The molecule has 1 heterocycles. The minimum atomic E-state index is -3.35. The van der Waals surface area contributed by atoms with Crippen molar-refractivity contribution in [3.05, 3.63) is 29.3 Å². The van der Waals surface area contributed by atoms with Gasteiger partial charge >= 0.3 is 0 Å². The van der Waals surface area contributed by atoms with Gasteiger partial charge in [-0.15, -0.1) is 0 Å². The van der Waals surface area contributed by atoms with E-state index in [0.29, 0.717) is 30.1 Å².